The van der Waals surface area contributed by atoms with Crippen molar-refractivity contribution in [2.75, 3.05) is 24.7 Å². The van der Waals surface area contributed by atoms with Crippen LogP contribution in [-0.2, 0) is 11.3 Å². The molecule has 0 saturated carbocycles. The molecular weight excluding hydrogens is 434 g/mol. The van der Waals surface area contributed by atoms with Gasteiger partial charge in [-0.05, 0) is 30.3 Å². The molecule has 0 spiro atoms. The van der Waals surface area contributed by atoms with Crippen molar-refractivity contribution < 1.29 is 14.3 Å². The van der Waals surface area contributed by atoms with E-state index >= 15 is 0 Å². The summed E-state index contributed by atoms with van der Waals surface area (Å²) in [6, 6.07) is 24.7. The van der Waals surface area contributed by atoms with E-state index in [4.69, 9.17) is 4.74 Å². The molecule has 33 heavy (non-hydrogen) atoms. The highest BCUT2D eigenvalue weighted by atomic mass is 32.2. The van der Waals surface area contributed by atoms with E-state index in [-0.39, 0.29) is 11.8 Å². The number of aromatic nitrogens is 1. The molecule has 4 aromatic rings. The molecule has 0 atom stereocenters. The maximum atomic E-state index is 12.6. The van der Waals surface area contributed by atoms with Crippen molar-refractivity contribution in [3.05, 3.63) is 90.6 Å². The number of amides is 2. The van der Waals surface area contributed by atoms with Crippen molar-refractivity contribution in [1.82, 2.24) is 9.88 Å². The summed E-state index contributed by atoms with van der Waals surface area (Å²) in [6.45, 7) is 1.08. The van der Waals surface area contributed by atoms with Gasteiger partial charge in [-0.25, -0.2) is 0 Å². The Balaban J connectivity index is 1.39. The molecule has 7 heteroatoms. The molecule has 1 aromatic heterocycles. The smallest absolute Gasteiger partial charge is 0.255 e. The van der Waals surface area contributed by atoms with Crippen molar-refractivity contribution in [2.45, 2.75) is 11.4 Å². The second-order valence-electron chi connectivity index (χ2n) is 7.36. The number of carbonyl (C=O) groups excluding carboxylic acids is 2. The standard InChI is InChI=1S/C26H25N3O3S/c1-32-23-14-8-6-12-21(23)26(31)27-15-16-29-17-24(20-11-5-7-13-22(20)29)33-18-25(30)28-19-9-3-2-4-10-19/h2-14,17H,15-16,18H2,1H3,(H,27,31)(H,28,30). The first kappa shape index (κ1) is 22.5. The van der Waals surface area contributed by atoms with Crippen LogP contribution < -0.4 is 15.4 Å². The summed E-state index contributed by atoms with van der Waals surface area (Å²) in [4.78, 5) is 26.0. The van der Waals surface area contributed by atoms with E-state index in [9.17, 15) is 9.59 Å². The number of benzene rings is 3. The van der Waals surface area contributed by atoms with Gasteiger partial charge in [-0.3, -0.25) is 9.59 Å². The van der Waals surface area contributed by atoms with Gasteiger partial charge in [0.1, 0.15) is 5.75 Å². The Morgan fingerprint density at radius 1 is 0.939 bits per heavy atom. The van der Waals surface area contributed by atoms with Crippen LogP contribution in [0.3, 0.4) is 0 Å². The number of hydrogen-bond donors (Lipinski definition) is 2. The highest BCUT2D eigenvalue weighted by Gasteiger charge is 2.13. The van der Waals surface area contributed by atoms with Crippen molar-refractivity contribution in [3.63, 3.8) is 0 Å². The number of nitrogens with zero attached hydrogens (tertiary/aromatic N) is 1. The summed E-state index contributed by atoms with van der Waals surface area (Å²) in [7, 11) is 1.55. The van der Waals surface area contributed by atoms with Crippen LogP contribution >= 0.6 is 11.8 Å². The molecule has 0 fully saturated rings. The Morgan fingerprint density at radius 3 is 2.48 bits per heavy atom. The molecule has 0 radical (unpaired) electrons. The van der Waals surface area contributed by atoms with Gasteiger partial charge >= 0.3 is 0 Å². The molecule has 0 aliphatic carbocycles. The monoisotopic (exact) mass is 459 g/mol. The van der Waals surface area contributed by atoms with Gasteiger partial charge < -0.3 is 19.9 Å². The minimum Gasteiger partial charge on any atom is -0.496 e. The number of rotatable bonds is 9. The second-order valence-corrected chi connectivity index (χ2v) is 8.38. The predicted octanol–water partition coefficient (Wildman–Crippen LogP) is 4.81. The number of nitrogens with one attached hydrogen (secondary N) is 2. The summed E-state index contributed by atoms with van der Waals surface area (Å²) in [5.41, 5.74) is 2.37. The number of para-hydroxylation sites is 3. The quantitative estimate of drug-likeness (QED) is 0.352. The first-order chi connectivity index (χ1) is 16.2. The van der Waals surface area contributed by atoms with E-state index in [2.05, 4.69) is 21.3 Å². The molecule has 1 heterocycles. The molecule has 6 nitrogen and oxygen atoms in total. The first-order valence-electron chi connectivity index (χ1n) is 10.6. The Bertz CT molecular complexity index is 1250. The predicted molar refractivity (Wildman–Crippen MR) is 133 cm³/mol. The van der Waals surface area contributed by atoms with Crippen LogP contribution in [0.15, 0.2) is 90.0 Å². The molecule has 168 valence electrons. The fourth-order valence-corrected chi connectivity index (χ4v) is 4.48. The molecule has 2 N–H and O–H groups in total. The maximum absolute atomic E-state index is 12.6. The van der Waals surface area contributed by atoms with Crippen LogP contribution in [0.1, 0.15) is 10.4 Å². The van der Waals surface area contributed by atoms with E-state index in [1.54, 1.807) is 19.2 Å². The lowest BCUT2D eigenvalue weighted by Gasteiger charge is -2.10. The molecule has 0 bridgehead atoms. The zero-order valence-electron chi connectivity index (χ0n) is 18.3. The average Bonchev–Trinajstić information content (AvgIpc) is 3.21. The fraction of sp³-hybridized carbons (Fsp3) is 0.154. The lowest BCUT2D eigenvalue weighted by molar-refractivity contribution is -0.113. The summed E-state index contributed by atoms with van der Waals surface area (Å²) >= 11 is 1.50. The summed E-state index contributed by atoms with van der Waals surface area (Å²) in [6.07, 6.45) is 2.04. The molecule has 3 aromatic carbocycles. The van der Waals surface area contributed by atoms with Gasteiger partial charge in [0.15, 0.2) is 0 Å². The first-order valence-corrected chi connectivity index (χ1v) is 11.6. The highest BCUT2D eigenvalue weighted by Crippen LogP contribution is 2.30. The lowest BCUT2D eigenvalue weighted by Crippen LogP contribution is -2.27. The van der Waals surface area contributed by atoms with Gasteiger partial charge in [-0.2, -0.15) is 0 Å². The van der Waals surface area contributed by atoms with E-state index in [0.717, 1.165) is 21.5 Å². The van der Waals surface area contributed by atoms with Crippen molar-refractivity contribution >= 4 is 40.2 Å². The fourth-order valence-electron chi connectivity index (χ4n) is 3.59. The Morgan fingerprint density at radius 2 is 1.67 bits per heavy atom. The third-order valence-electron chi connectivity index (χ3n) is 5.16. The zero-order chi connectivity index (χ0) is 23.0. The van der Waals surface area contributed by atoms with Gasteiger partial charge in [0.05, 0.1) is 18.4 Å². The molecule has 4 rings (SSSR count). The van der Waals surface area contributed by atoms with Crippen LogP contribution in [0, 0.1) is 0 Å². The number of methoxy groups -OCH3 is 1. The van der Waals surface area contributed by atoms with Gasteiger partial charge in [0, 0.05) is 40.8 Å². The SMILES string of the molecule is COc1ccccc1C(=O)NCCn1cc(SCC(=O)Nc2ccccc2)c2ccccc21. The largest absolute Gasteiger partial charge is 0.496 e. The number of thioether (sulfide) groups is 1. The summed E-state index contributed by atoms with van der Waals surface area (Å²) in [5, 5.41) is 6.97. The lowest BCUT2D eigenvalue weighted by atomic mass is 10.2. The zero-order valence-corrected chi connectivity index (χ0v) is 19.1. The number of carbonyl (C=O) groups is 2. The maximum Gasteiger partial charge on any atom is 0.255 e. The Kier molecular flexibility index (Phi) is 7.32. The second kappa shape index (κ2) is 10.7. The van der Waals surface area contributed by atoms with Gasteiger partial charge in [-0.1, -0.05) is 48.5 Å². The van der Waals surface area contributed by atoms with Crippen molar-refractivity contribution in [3.8, 4) is 5.75 Å². The van der Waals surface area contributed by atoms with E-state index in [1.807, 2.05) is 66.9 Å². The third kappa shape index (κ3) is 5.56. The van der Waals surface area contributed by atoms with Gasteiger partial charge in [0.25, 0.3) is 5.91 Å². The molecule has 0 saturated heterocycles. The van der Waals surface area contributed by atoms with Crippen LogP contribution in [0.2, 0.25) is 0 Å². The average molecular weight is 460 g/mol. The molecule has 0 unspecified atom stereocenters. The van der Waals surface area contributed by atoms with Crippen molar-refractivity contribution in [1.29, 1.82) is 0 Å². The van der Waals surface area contributed by atoms with Crippen molar-refractivity contribution in [2.24, 2.45) is 0 Å². The molecular formula is C26H25N3O3S. The van der Waals surface area contributed by atoms with Gasteiger partial charge in [0.2, 0.25) is 5.91 Å². The third-order valence-corrected chi connectivity index (χ3v) is 6.20. The van der Waals surface area contributed by atoms with E-state index < -0.39 is 0 Å². The molecule has 2 amide bonds. The Labute approximate surface area is 196 Å². The number of fused-ring (bicyclic) bond motifs is 1. The summed E-state index contributed by atoms with van der Waals surface area (Å²) in [5.74, 6) is 0.644. The minimum atomic E-state index is -0.170. The molecule has 0 aliphatic rings. The minimum absolute atomic E-state index is 0.0490. The van der Waals surface area contributed by atoms with Crippen LogP contribution in [0.5, 0.6) is 5.75 Å². The summed E-state index contributed by atoms with van der Waals surface area (Å²) < 4.78 is 7.38. The molecule has 0 aliphatic heterocycles. The van der Waals surface area contributed by atoms with Crippen LogP contribution in [0.4, 0.5) is 5.69 Å². The number of anilines is 1. The topological polar surface area (TPSA) is 72.4 Å². The number of hydrogen-bond acceptors (Lipinski definition) is 4. The highest BCUT2D eigenvalue weighted by molar-refractivity contribution is 8.00. The van der Waals surface area contributed by atoms with E-state index in [1.165, 1.54) is 11.8 Å². The van der Waals surface area contributed by atoms with Gasteiger partial charge in [-0.15, -0.1) is 11.8 Å². The number of ether oxygens (including phenoxy) is 1. The van der Waals surface area contributed by atoms with Crippen LogP contribution in [0.25, 0.3) is 10.9 Å². The van der Waals surface area contributed by atoms with Crippen LogP contribution in [-0.4, -0.2) is 35.8 Å². The van der Waals surface area contributed by atoms with E-state index in [0.29, 0.717) is 30.2 Å². The normalized spacial score (nSPS) is 10.7. The Hall–Kier alpha value is -3.71.